The number of carbonyl (C=O) groups excluding carboxylic acids is 2. The third-order valence-electron chi connectivity index (χ3n) is 4.34. The van der Waals surface area contributed by atoms with Crippen molar-refractivity contribution in [1.29, 1.82) is 0 Å². The maximum absolute atomic E-state index is 13.3. The van der Waals surface area contributed by atoms with Crippen molar-refractivity contribution in [2.75, 3.05) is 44.7 Å². The Hall–Kier alpha value is -2.19. The minimum atomic E-state index is -0.385. The number of likely N-dealkylation sites (N-methyl/N-ethyl adjacent to an activating group) is 1. The van der Waals surface area contributed by atoms with Gasteiger partial charge in [0.05, 0.1) is 6.04 Å². The van der Waals surface area contributed by atoms with Crippen LogP contribution in [0.5, 0.6) is 0 Å². The van der Waals surface area contributed by atoms with Gasteiger partial charge in [-0.1, -0.05) is 6.07 Å². The maximum Gasteiger partial charge on any atom is 0.329 e. The van der Waals surface area contributed by atoms with Crippen LogP contribution in [0.15, 0.2) is 24.3 Å². The van der Waals surface area contributed by atoms with Gasteiger partial charge in [-0.3, -0.25) is 10.2 Å². The molecule has 0 aromatic heterocycles. The number of amides is 3. The monoisotopic (exact) mass is 335 g/mol. The first-order chi connectivity index (χ1) is 11.5. The predicted molar refractivity (Wildman–Crippen MR) is 87.9 cm³/mol. The van der Waals surface area contributed by atoms with Crippen LogP contribution in [-0.2, 0) is 4.79 Å². The van der Waals surface area contributed by atoms with E-state index in [1.54, 1.807) is 12.1 Å². The molecule has 2 fully saturated rings. The highest BCUT2D eigenvalue weighted by Crippen LogP contribution is 2.22. The SMILES string of the molecule is CN1CCN(NC(=O)N[C@H]2CC(=O)N(c3cccc(F)c3)C2)CC1. The van der Waals surface area contributed by atoms with E-state index in [2.05, 4.69) is 15.6 Å². The summed E-state index contributed by atoms with van der Waals surface area (Å²) in [6.45, 7) is 3.68. The summed E-state index contributed by atoms with van der Waals surface area (Å²) < 4.78 is 13.3. The van der Waals surface area contributed by atoms with Gasteiger partial charge in [0.2, 0.25) is 5.91 Å². The first kappa shape index (κ1) is 16.7. The molecular weight excluding hydrogens is 313 g/mol. The van der Waals surface area contributed by atoms with Gasteiger partial charge in [0.15, 0.2) is 0 Å². The number of hydrazine groups is 1. The van der Waals surface area contributed by atoms with E-state index in [1.807, 2.05) is 12.1 Å². The van der Waals surface area contributed by atoms with Gasteiger partial charge in [-0.05, 0) is 25.2 Å². The lowest BCUT2D eigenvalue weighted by molar-refractivity contribution is -0.117. The van der Waals surface area contributed by atoms with Crippen molar-refractivity contribution >= 4 is 17.6 Å². The third-order valence-corrected chi connectivity index (χ3v) is 4.34. The van der Waals surface area contributed by atoms with Gasteiger partial charge in [0.25, 0.3) is 0 Å². The zero-order valence-corrected chi connectivity index (χ0v) is 13.7. The first-order valence-electron chi connectivity index (χ1n) is 8.08. The van der Waals surface area contributed by atoms with Crippen molar-refractivity contribution in [2.45, 2.75) is 12.5 Å². The Labute approximate surface area is 140 Å². The highest BCUT2D eigenvalue weighted by molar-refractivity contribution is 5.96. The van der Waals surface area contributed by atoms with Gasteiger partial charge in [0.1, 0.15) is 5.82 Å². The van der Waals surface area contributed by atoms with Crippen LogP contribution < -0.4 is 15.6 Å². The molecule has 0 spiro atoms. The summed E-state index contributed by atoms with van der Waals surface area (Å²) in [7, 11) is 2.04. The summed E-state index contributed by atoms with van der Waals surface area (Å²) in [6.07, 6.45) is 0.215. The zero-order chi connectivity index (χ0) is 17.1. The van der Waals surface area contributed by atoms with E-state index in [0.717, 1.165) is 26.2 Å². The molecule has 7 nitrogen and oxygen atoms in total. The molecule has 1 atom stereocenters. The largest absolute Gasteiger partial charge is 0.332 e. The number of anilines is 1. The summed E-state index contributed by atoms with van der Waals surface area (Å²) in [5.41, 5.74) is 3.33. The van der Waals surface area contributed by atoms with E-state index in [-0.39, 0.29) is 30.2 Å². The van der Waals surface area contributed by atoms with Gasteiger partial charge >= 0.3 is 6.03 Å². The van der Waals surface area contributed by atoms with Gasteiger partial charge in [-0.25, -0.2) is 14.2 Å². The Morgan fingerprint density at radius 2 is 2.00 bits per heavy atom. The van der Waals surface area contributed by atoms with Crippen LogP contribution in [0.1, 0.15) is 6.42 Å². The second-order valence-electron chi connectivity index (χ2n) is 6.26. The van der Waals surface area contributed by atoms with Gasteiger partial charge in [0, 0.05) is 44.8 Å². The molecule has 2 heterocycles. The fourth-order valence-electron chi connectivity index (χ4n) is 2.98. The van der Waals surface area contributed by atoms with Crippen molar-refractivity contribution < 1.29 is 14.0 Å². The summed E-state index contributed by atoms with van der Waals surface area (Å²) in [4.78, 5) is 27.9. The highest BCUT2D eigenvalue weighted by Gasteiger charge is 2.32. The van der Waals surface area contributed by atoms with E-state index < -0.39 is 0 Å². The highest BCUT2D eigenvalue weighted by atomic mass is 19.1. The number of urea groups is 1. The Kier molecular flexibility index (Phi) is 4.96. The van der Waals surface area contributed by atoms with Gasteiger partial charge in [-0.15, -0.1) is 0 Å². The van der Waals surface area contributed by atoms with Crippen LogP contribution >= 0.6 is 0 Å². The van der Waals surface area contributed by atoms with Crippen LogP contribution in [0, 0.1) is 5.82 Å². The van der Waals surface area contributed by atoms with Crippen LogP contribution in [0.2, 0.25) is 0 Å². The van der Waals surface area contributed by atoms with Crippen molar-refractivity contribution in [3.63, 3.8) is 0 Å². The summed E-state index contributed by atoms with van der Waals surface area (Å²) >= 11 is 0. The topological polar surface area (TPSA) is 67.9 Å². The molecule has 1 aromatic rings. The standard InChI is InChI=1S/C16H22FN5O2/c1-20-5-7-21(8-6-20)19-16(24)18-13-10-15(23)22(11-13)14-4-2-3-12(17)9-14/h2-4,9,13H,5-8,10-11H2,1H3,(H2,18,19,24)/t13-/m0/s1. The van der Waals surface area contributed by atoms with Crippen LogP contribution in [0.4, 0.5) is 14.9 Å². The Bertz CT molecular complexity index is 618. The molecule has 130 valence electrons. The lowest BCUT2D eigenvalue weighted by Gasteiger charge is -2.32. The molecule has 2 aliphatic rings. The molecule has 0 radical (unpaired) electrons. The molecular formula is C16H22FN5O2. The molecule has 2 N–H and O–H groups in total. The molecule has 0 unspecified atom stereocenters. The molecule has 2 saturated heterocycles. The fraction of sp³-hybridized carbons (Fsp3) is 0.500. The average Bonchev–Trinajstić information content (AvgIpc) is 2.90. The number of piperazine rings is 1. The van der Waals surface area contributed by atoms with Crippen molar-refractivity contribution in [1.82, 2.24) is 20.7 Å². The molecule has 0 saturated carbocycles. The molecule has 2 aliphatic heterocycles. The van der Waals surface area contributed by atoms with E-state index in [4.69, 9.17) is 0 Å². The van der Waals surface area contributed by atoms with Gasteiger partial charge in [-0.2, -0.15) is 0 Å². The lowest BCUT2D eigenvalue weighted by atomic mass is 10.2. The lowest BCUT2D eigenvalue weighted by Crippen LogP contribution is -2.56. The second kappa shape index (κ2) is 7.14. The Balaban J connectivity index is 1.51. The molecule has 8 heteroatoms. The zero-order valence-electron chi connectivity index (χ0n) is 13.7. The number of hydrogen-bond acceptors (Lipinski definition) is 4. The molecule has 1 aromatic carbocycles. The second-order valence-corrected chi connectivity index (χ2v) is 6.26. The van der Waals surface area contributed by atoms with Crippen LogP contribution in [0.25, 0.3) is 0 Å². The number of nitrogens with zero attached hydrogens (tertiary/aromatic N) is 3. The summed E-state index contributed by atoms with van der Waals surface area (Å²) in [5, 5.41) is 4.69. The first-order valence-corrected chi connectivity index (χ1v) is 8.08. The maximum atomic E-state index is 13.3. The number of hydrogen-bond donors (Lipinski definition) is 2. The van der Waals surface area contributed by atoms with E-state index in [1.165, 1.54) is 17.0 Å². The van der Waals surface area contributed by atoms with Crippen LogP contribution in [-0.4, -0.2) is 67.7 Å². The normalized spacial score (nSPS) is 22.7. The van der Waals surface area contributed by atoms with E-state index in [0.29, 0.717) is 12.2 Å². The molecule has 0 aliphatic carbocycles. The number of nitrogens with one attached hydrogen (secondary N) is 2. The number of rotatable bonds is 3. The van der Waals surface area contributed by atoms with Crippen molar-refractivity contribution in [3.05, 3.63) is 30.1 Å². The fourth-order valence-corrected chi connectivity index (χ4v) is 2.98. The van der Waals surface area contributed by atoms with Crippen molar-refractivity contribution in [3.8, 4) is 0 Å². The van der Waals surface area contributed by atoms with E-state index in [9.17, 15) is 14.0 Å². The quantitative estimate of drug-likeness (QED) is 0.839. The molecule has 3 amide bonds. The predicted octanol–water partition coefficient (Wildman–Crippen LogP) is 0.393. The van der Waals surface area contributed by atoms with Gasteiger partial charge < -0.3 is 15.1 Å². The van der Waals surface area contributed by atoms with E-state index >= 15 is 0 Å². The smallest absolute Gasteiger partial charge is 0.329 e. The molecule has 24 heavy (non-hydrogen) atoms. The minimum absolute atomic E-state index is 0.120. The van der Waals surface area contributed by atoms with Crippen LogP contribution in [0.3, 0.4) is 0 Å². The number of carbonyl (C=O) groups is 2. The Morgan fingerprint density at radius 1 is 1.25 bits per heavy atom. The summed E-state index contributed by atoms with van der Waals surface area (Å²) in [6, 6.07) is 5.33. The summed E-state index contributed by atoms with van der Waals surface area (Å²) in [5.74, 6) is -0.505. The molecule has 3 rings (SSSR count). The van der Waals surface area contributed by atoms with Crippen molar-refractivity contribution in [2.24, 2.45) is 0 Å². The molecule has 0 bridgehead atoms. The Morgan fingerprint density at radius 3 is 2.71 bits per heavy atom. The number of benzene rings is 1. The number of halogens is 1. The average molecular weight is 335 g/mol. The third kappa shape index (κ3) is 4.01. The minimum Gasteiger partial charge on any atom is -0.332 e.